The molecule has 0 N–H and O–H groups in total. The molecule has 0 spiro atoms. The molecule has 1 rings (SSSR count). The minimum absolute atomic E-state index is 0.138. The molecule has 0 unspecified atom stereocenters. The number of esters is 1. The van der Waals surface area contributed by atoms with Crippen LogP contribution in [0.3, 0.4) is 0 Å². The molecule has 0 aromatic rings. The van der Waals surface area contributed by atoms with Crippen LogP contribution < -0.4 is 0 Å². The lowest BCUT2D eigenvalue weighted by atomic mass is 10.3. The Hall–Kier alpha value is -1.01. The molecule has 0 amide bonds. The van der Waals surface area contributed by atoms with Crippen molar-refractivity contribution in [1.82, 2.24) is 0 Å². The van der Waals surface area contributed by atoms with Gasteiger partial charge in [0, 0.05) is 12.5 Å². The normalized spacial score (nSPS) is 19.6. The van der Waals surface area contributed by atoms with E-state index in [0.29, 0.717) is 12.8 Å². The second kappa shape index (κ2) is 3.80. The number of carbonyl (C=O) groups excluding carboxylic acids is 1. The molecule has 0 atom stereocenters. The number of hydrogen-bond acceptors (Lipinski definition) is 2. The van der Waals surface area contributed by atoms with E-state index in [4.69, 9.17) is 4.74 Å². The Balaban J connectivity index is 2.57. The summed E-state index contributed by atoms with van der Waals surface area (Å²) in [6.45, 7) is 6.54. The van der Waals surface area contributed by atoms with Gasteiger partial charge in [0.1, 0.15) is 13.8 Å². The van der Waals surface area contributed by atoms with Crippen molar-refractivity contribution >= 4 is 14.0 Å². The van der Waals surface area contributed by atoms with Crippen molar-refractivity contribution in [2.45, 2.75) is 32.5 Å². The number of carbonyl (C=O) groups is 1. The van der Waals surface area contributed by atoms with Crippen LogP contribution in [0.5, 0.6) is 0 Å². The summed E-state index contributed by atoms with van der Waals surface area (Å²) in [5.74, 6) is 3.54. The van der Waals surface area contributed by atoms with E-state index in [9.17, 15) is 4.79 Å². The van der Waals surface area contributed by atoms with E-state index in [-0.39, 0.29) is 5.97 Å². The quantitative estimate of drug-likeness (QED) is 0.335. The maximum Gasteiger partial charge on any atom is 0.311 e. The number of rotatable bonds is 0. The van der Waals surface area contributed by atoms with Crippen LogP contribution in [0.4, 0.5) is 0 Å². The summed E-state index contributed by atoms with van der Waals surface area (Å²) in [6.07, 6.45) is 2.93. The van der Waals surface area contributed by atoms with Crippen molar-refractivity contribution in [2.75, 3.05) is 0 Å². The van der Waals surface area contributed by atoms with Gasteiger partial charge in [-0.3, -0.25) is 4.79 Å². The number of ether oxygens (including phenoxy) is 1. The van der Waals surface area contributed by atoms with Crippen molar-refractivity contribution in [1.29, 1.82) is 0 Å². The van der Waals surface area contributed by atoms with Gasteiger partial charge in [0.05, 0.1) is 6.42 Å². The zero-order chi connectivity index (χ0) is 9.90. The third kappa shape index (κ3) is 3.95. The Morgan fingerprint density at radius 1 is 1.38 bits per heavy atom. The van der Waals surface area contributed by atoms with Crippen molar-refractivity contribution < 1.29 is 9.53 Å². The van der Waals surface area contributed by atoms with Crippen molar-refractivity contribution in [3.8, 4) is 11.5 Å². The fourth-order valence-corrected chi connectivity index (χ4v) is 1.41. The van der Waals surface area contributed by atoms with Crippen molar-refractivity contribution in [2.24, 2.45) is 0 Å². The second-order valence-electron chi connectivity index (χ2n) is 4.10. The minimum Gasteiger partial charge on any atom is -0.430 e. The van der Waals surface area contributed by atoms with E-state index in [1.165, 1.54) is 0 Å². The van der Waals surface area contributed by atoms with E-state index in [2.05, 4.69) is 31.1 Å². The Morgan fingerprint density at radius 3 is 2.54 bits per heavy atom. The van der Waals surface area contributed by atoms with E-state index in [0.717, 1.165) is 5.76 Å². The molecular weight excluding hydrogens is 180 g/mol. The second-order valence-corrected chi connectivity index (χ2v) is 8.85. The van der Waals surface area contributed by atoms with Crippen LogP contribution in [0.25, 0.3) is 0 Å². The molecule has 13 heavy (non-hydrogen) atoms. The summed E-state index contributed by atoms with van der Waals surface area (Å²) < 4.78 is 4.91. The lowest BCUT2D eigenvalue weighted by Gasteiger charge is -2.02. The summed E-state index contributed by atoms with van der Waals surface area (Å²) >= 11 is 0. The van der Waals surface area contributed by atoms with Gasteiger partial charge in [-0.05, 0) is 0 Å². The van der Waals surface area contributed by atoms with Gasteiger partial charge < -0.3 is 4.74 Å². The molecule has 0 saturated carbocycles. The number of cyclic esters (lactones) is 1. The maximum atomic E-state index is 10.7. The third-order valence-electron chi connectivity index (χ3n) is 1.50. The maximum absolute atomic E-state index is 10.7. The average Bonchev–Trinajstić information content (AvgIpc) is 2.33. The lowest BCUT2D eigenvalue weighted by molar-refractivity contribution is -0.135. The highest BCUT2D eigenvalue weighted by Gasteiger charge is 2.16. The summed E-state index contributed by atoms with van der Waals surface area (Å²) in [6, 6.07) is 0. The predicted molar refractivity (Wildman–Crippen MR) is 54.5 cm³/mol. The topological polar surface area (TPSA) is 26.3 Å². The van der Waals surface area contributed by atoms with Crippen LogP contribution in [0.1, 0.15) is 12.8 Å². The Labute approximate surface area is 80.0 Å². The molecule has 0 radical (unpaired) electrons. The SMILES string of the molecule is C[Si](C)(C)C#C/C=C1\CCC(=O)O1. The molecule has 3 heteroatoms. The molecule has 0 bridgehead atoms. The molecule has 0 aliphatic carbocycles. The minimum atomic E-state index is -1.29. The smallest absolute Gasteiger partial charge is 0.311 e. The fourth-order valence-electron chi connectivity index (χ4n) is 0.908. The van der Waals surface area contributed by atoms with Gasteiger partial charge >= 0.3 is 5.97 Å². The van der Waals surface area contributed by atoms with Crippen LogP contribution in [0, 0.1) is 11.5 Å². The summed E-state index contributed by atoms with van der Waals surface area (Å²) in [5.41, 5.74) is 3.18. The molecule has 1 fully saturated rings. The Bertz CT molecular complexity index is 299. The Morgan fingerprint density at radius 2 is 2.08 bits per heavy atom. The highest BCUT2D eigenvalue weighted by molar-refractivity contribution is 6.83. The predicted octanol–water partition coefficient (Wildman–Crippen LogP) is 2.09. The highest BCUT2D eigenvalue weighted by atomic mass is 28.3. The van der Waals surface area contributed by atoms with Crippen LogP contribution in [0.15, 0.2) is 11.8 Å². The van der Waals surface area contributed by atoms with Gasteiger partial charge in [0.25, 0.3) is 0 Å². The van der Waals surface area contributed by atoms with E-state index >= 15 is 0 Å². The largest absolute Gasteiger partial charge is 0.430 e. The van der Waals surface area contributed by atoms with Crippen LogP contribution in [-0.4, -0.2) is 14.0 Å². The molecule has 0 aromatic carbocycles. The molecule has 1 heterocycles. The molecule has 70 valence electrons. The molecule has 1 aliphatic heterocycles. The molecule has 1 aliphatic rings. The molecule has 1 saturated heterocycles. The van der Waals surface area contributed by atoms with E-state index in [1.807, 2.05) is 0 Å². The van der Waals surface area contributed by atoms with Crippen LogP contribution in [-0.2, 0) is 9.53 Å². The fraction of sp³-hybridized carbons (Fsp3) is 0.500. The van der Waals surface area contributed by atoms with Crippen molar-refractivity contribution in [3.05, 3.63) is 11.8 Å². The van der Waals surface area contributed by atoms with Crippen molar-refractivity contribution in [3.63, 3.8) is 0 Å². The summed E-state index contributed by atoms with van der Waals surface area (Å²) in [4.78, 5) is 10.7. The van der Waals surface area contributed by atoms with Crippen LogP contribution >= 0.6 is 0 Å². The van der Waals surface area contributed by atoms with Crippen LogP contribution in [0.2, 0.25) is 19.6 Å². The standard InChI is InChI=1S/C10H14O2Si/c1-13(2,3)8-4-5-9-6-7-10(11)12-9/h5H,6-7H2,1-3H3/b9-5+. The summed E-state index contributed by atoms with van der Waals surface area (Å²) in [7, 11) is -1.29. The highest BCUT2D eigenvalue weighted by Crippen LogP contribution is 2.16. The first-order valence-electron chi connectivity index (χ1n) is 4.40. The number of hydrogen-bond donors (Lipinski definition) is 0. The Kier molecular flexibility index (Phi) is 2.94. The van der Waals surface area contributed by atoms with Gasteiger partial charge in [-0.25, -0.2) is 0 Å². The van der Waals surface area contributed by atoms with E-state index in [1.54, 1.807) is 6.08 Å². The van der Waals surface area contributed by atoms with Gasteiger partial charge in [-0.15, -0.1) is 5.54 Å². The van der Waals surface area contributed by atoms with E-state index < -0.39 is 8.07 Å². The molecule has 2 nitrogen and oxygen atoms in total. The molecule has 0 aromatic heterocycles. The first-order chi connectivity index (χ1) is 5.97. The first kappa shape index (κ1) is 10.1. The summed E-state index contributed by atoms with van der Waals surface area (Å²) in [5, 5.41) is 0. The zero-order valence-corrected chi connectivity index (χ0v) is 9.31. The van der Waals surface area contributed by atoms with Gasteiger partial charge in [-0.2, -0.15) is 0 Å². The lowest BCUT2D eigenvalue weighted by Crippen LogP contribution is -2.16. The van der Waals surface area contributed by atoms with Gasteiger partial charge in [0.2, 0.25) is 0 Å². The average molecular weight is 194 g/mol. The van der Waals surface area contributed by atoms with Gasteiger partial charge in [0.15, 0.2) is 0 Å². The zero-order valence-electron chi connectivity index (χ0n) is 8.31. The first-order valence-corrected chi connectivity index (χ1v) is 7.90. The van der Waals surface area contributed by atoms with Gasteiger partial charge in [-0.1, -0.05) is 25.6 Å². The number of allylic oxidation sites excluding steroid dienone is 2. The third-order valence-corrected chi connectivity index (χ3v) is 2.40. The molecular formula is C10H14O2Si. The monoisotopic (exact) mass is 194 g/mol.